The normalized spacial score (nSPS) is 19.7. The van der Waals surface area contributed by atoms with Crippen LogP contribution >= 0.6 is 11.6 Å². The van der Waals surface area contributed by atoms with Crippen LogP contribution in [0.2, 0.25) is 5.02 Å². The van der Waals surface area contributed by atoms with E-state index in [1.54, 1.807) is 6.07 Å². The molecule has 1 saturated heterocycles. The topological polar surface area (TPSA) is 100 Å². The van der Waals surface area contributed by atoms with Crippen LogP contribution < -0.4 is 4.74 Å². The van der Waals surface area contributed by atoms with Crippen LogP contribution in [0.5, 0.6) is 6.01 Å². The Morgan fingerprint density at radius 2 is 1.70 bits per heavy atom. The number of aromatic nitrogens is 3. The highest BCUT2D eigenvalue weighted by molar-refractivity contribution is 6.33. The van der Waals surface area contributed by atoms with E-state index in [-0.39, 0.29) is 19.2 Å². The molecule has 0 unspecified atom stereocenters. The van der Waals surface area contributed by atoms with Gasteiger partial charge in [-0.2, -0.15) is 4.98 Å². The van der Waals surface area contributed by atoms with Gasteiger partial charge in [0.1, 0.15) is 12.2 Å². The summed E-state index contributed by atoms with van der Waals surface area (Å²) >= 11 is 6.50. The molecule has 3 N–H and O–H groups in total. The monoisotopic (exact) mass is 463 g/mol. The molecule has 0 radical (unpaired) electrons. The highest BCUT2D eigenvalue weighted by Crippen LogP contribution is 2.31. The van der Waals surface area contributed by atoms with Gasteiger partial charge in [0, 0.05) is 5.56 Å². The first-order valence-corrected chi connectivity index (χ1v) is 10.6. The van der Waals surface area contributed by atoms with Gasteiger partial charge >= 0.3 is 0 Å². The van der Waals surface area contributed by atoms with Crippen LogP contribution in [0.15, 0.2) is 60.7 Å². The number of nitrogens with one attached hydrogen (secondary N) is 1. The quantitative estimate of drug-likeness (QED) is 0.390. The number of terminal acetylenes is 1. The van der Waals surface area contributed by atoms with Crippen LogP contribution in [0.4, 0.5) is 0 Å². The van der Waals surface area contributed by atoms with Gasteiger partial charge in [-0.1, -0.05) is 66.2 Å². The number of ether oxygens (including phenoxy) is 2. The van der Waals surface area contributed by atoms with Gasteiger partial charge in [-0.15, -0.1) is 12.8 Å². The second kappa shape index (κ2) is 10.0. The number of pyridine rings is 1. The van der Waals surface area contributed by atoms with Crippen LogP contribution in [-0.4, -0.2) is 56.7 Å². The summed E-state index contributed by atoms with van der Waals surface area (Å²) in [5, 5.41) is 19.8. The minimum Gasteiger partial charge on any atom is -0.456 e. The van der Waals surface area contributed by atoms with Crippen LogP contribution in [0.25, 0.3) is 33.5 Å². The summed E-state index contributed by atoms with van der Waals surface area (Å²) < 4.78 is 11.0. The molecule has 8 heteroatoms. The molecule has 2 aromatic heterocycles. The molecule has 33 heavy (non-hydrogen) atoms. The average molecular weight is 464 g/mol. The summed E-state index contributed by atoms with van der Waals surface area (Å²) in [7, 11) is 0. The zero-order valence-electron chi connectivity index (χ0n) is 17.6. The fourth-order valence-corrected chi connectivity index (χ4v) is 3.93. The van der Waals surface area contributed by atoms with Crippen molar-refractivity contribution in [1.29, 1.82) is 0 Å². The fourth-order valence-electron chi connectivity index (χ4n) is 3.67. The molecule has 3 atom stereocenters. The maximum absolute atomic E-state index is 10.1. The second-order valence-electron chi connectivity index (χ2n) is 7.38. The van der Waals surface area contributed by atoms with E-state index < -0.39 is 18.3 Å². The van der Waals surface area contributed by atoms with E-state index in [0.29, 0.717) is 21.9 Å². The minimum absolute atomic E-state index is 0.163. The number of H-pyrrole nitrogens is 1. The van der Waals surface area contributed by atoms with Crippen molar-refractivity contribution in [2.75, 3.05) is 13.2 Å². The highest BCUT2D eigenvalue weighted by Gasteiger charge is 2.37. The molecule has 1 fully saturated rings. The number of aliphatic hydroxyl groups is 2. The molecular formula is C25H22ClN3O4. The Labute approximate surface area is 196 Å². The van der Waals surface area contributed by atoms with Crippen LogP contribution in [0.3, 0.4) is 0 Å². The van der Waals surface area contributed by atoms with Crippen molar-refractivity contribution in [1.82, 2.24) is 15.0 Å². The van der Waals surface area contributed by atoms with Crippen molar-refractivity contribution in [2.45, 2.75) is 18.3 Å². The lowest BCUT2D eigenvalue weighted by Gasteiger charge is -2.15. The first-order chi connectivity index (χ1) is 16.1. The highest BCUT2D eigenvalue weighted by atomic mass is 35.5. The number of fused-ring (bicyclic) bond motifs is 1. The van der Waals surface area contributed by atoms with E-state index in [2.05, 4.69) is 39.9 Å². The molecule has 0 saturated carbocycles. The zero-order chi connectivity index (χ0) is 23.4. The van der Waals surface area contributed by atoms with Gasteiger partial charge in [0.25, 0.3) is 6.01 Å². The van der Waals surface area contributed by atoms with Gasteiger partial charge in [0.05, 0.1) is 29.4 Å². The molecule has 0 bridgehead atoms. The molecule has 4 aromatic rings. The number of aromatic amines is 1. The van der Waals surface area contributed by atoms with E-state index in [4.69, 9.17) is 21.1 Å². The summed E-state index contributed by atoms with van der Waals surface area (Å²) in [6.07, 6.45) is 5.78. The number of aliphatic hydroxyl groups excluding tert-OH is 2. The third-order valence-electron chi connectivity index (χ3n) is 5.35. The standard InChI is InChI=1S/C23H20ClN3O4.C2H2/c24-16-10-17-22(27-23(25-17)31-19-12-30-18(11-28)21(19)29)26-20(16)15-8-6-14(7-9-15)13-4-2-1-3-5-13;1-2/h1-10,18-19,21,28-29H,11-12H2,(H,25,26,27);1-2H/t18-,19-,21+;/m1./s1. The Kier molecular flexibility index (Phi) is 6.92. The van der Waals surface area contributed by atoms with Gasteiger partial charge in [-0.05, 0) is 17.2 Å². The molecule has 1 aliphatic rings. The lowest BCUT2D eigenvalue weighted by molar-refractivity contribution is -0.00390. The van der Waals surface area contributed by atoms with Gasteiger partial charge in [0.2, 0.25) is 0 Å². The summed E-state index contributed by atoms with van der Waals surface area (Å²) in [6.45, 7) is -0.110. The summed E-state index contributed by atoms with van der Waals surface area (Å²) in [5.41, 5.74) is 4.82. The van der Waals surface area contributed by atoms with Crippen molar-refractivity contribution < 1.29 is 19.7 Å². The van der Waals surface area contributed by atoms with E-state index in [1.165, 1.54) is 0 Å². The maximum atomic E-state index is 10.1. The zero-order valence-corrected chi connectivity index (χ0v) is 18.3. The van der Waals surface area contributed by atoms with Crippen molar-refractivity contribution in [3.8, 4) is 41.2 Å². The largest absolute Gasteiger partial charge is 0.456 e. The van der Waals surface area contributed by atoms with E-state index in [9.17, 15) is 10.2 Å². The SMILES string of the molecule is C#C.OC[C@H]1OC[C@@H](Oc2nc3nc(-c4ccc(-c5ccccc5)cc4)c(Cl)cc3[nH]2)[C@H]1O. The van der Waals surface area contributed by atoms with E-state index in [1.807, 2.05) is 42.5 Å². The van der Waals surface area contributed by atoms with Crippen molar-refractivity contribution in [3.05, 3.63) is 65.7 Å². The molecule has 168 valence electrons. The maximum Gasteiger partial charge on any atom is 0.296 e. The summed E-state index contributed by atoms with van der Waals surface area (Å²) in [6, 6.07) is 20.1. The molecule has 0 spiro atoms. The number of hydrogen-bond acceptors (Lipinski definition) is 6. The molecule has 3 heterocycles. The van der Waals surface area contributed by atoms with Crippen molar-refractivity contribution in [3.63, 3.8) is 0 Å². The smallest absolute Gasteiger partial charge is 0.296 e. The predicted octanol–water partition coefficient (Wildman–Crippen LogP) is 3.69. The number of imidazole rings is 1. The van der Waals surface area contributed by atoms with Crippen molar-refractivity contribution >= 4 is 22.8 Å². The van der Waals surface area contributed by atoms with Crippen LogP contribution in [0, 0.1) is 12.8 Å². The lowest BCUT2D eigenvalue weighted by atomic mass is 10.0. The lowest BCUT2D eigenvalue weighted by Crippen LogP contribution is -2.36. The van der Waals surface area contributed by atoms with E-state index in [0.717, 1.165) is 16.7 Å². The fraction of sp³-hybridized carbons (Fsp3) is 0.200. The number of halogens is 1. The van der Waals surface area contributed by atoms with Crippen LogP contribution in [0.1, 0.15) is 0 Å². The third kappa shape index (κ3) is 4.70. The predicted molar refractivity (Wildman–Crippen MR) is 127 cm³/mol. The van der Waals surface area contributed by atoms with E-state index >= 15 is 0 Å². The van der Waals surface area contributed by atoms with Gasteiger partial charge in [0.15, 0.2) is 11.8 Å². The molecular weight excluding hydrogens is 442 g/mol. The van der Waals surface area contributed by atoms with Gasteiger partial charge < -0.3 is 24.7 Å². The first-order valence-electron chi connectivity index (χ1n) is 10.2. The molecule has 0 amide bonds. The Bertz CT molecular complexity index is 1240. The Hall–Kier alpha value is -3.41. The molecule has 1 aliphatic heterocycles. The molecule has 2 aromatic carbocycles. The minimum atomic E-state index is -0.937. The summed E-state index contributed by atoms with van der Waals surface area (Å²) in [5.74, 6) is 0. The Balaban J connectivity index is 0.00000126. The molecule has 7 nitrogen and oxygen atoms in total. The third-order valence-corrected chi connectivity index (χ3v) is 5.64. The Morgan fingerprint density at radius 3 is 2.36 bits per heavy atom. The average Bonchev–Trinajstić information content (AvgIpc) is 3.42. The molecule has 5 rings (SSSR count). The number of benzene rings is 2. The summed E-state index contributed by atoms with van der Waals surface area (Å²) in [4.78, 5) is 12.0. The second-order valence-corrected chi connectivity index (χ2v) is 7.78. The van der Waals surface area contributed by atoms with Gasteiger partial charge in [-0.3, -0.25) is 0 Å². The number of rotatable bonds is 5. The number of nitrogens with zero attached hydrogens (tertiary/aromatic N) is 2. The molecule has 0 aliphatic carbocycles. The first kappa shape index (κ1) is 22.8. The number of hydrogen-bond donors (Lipinski definition) is 3. The van der Waals surface area contributed by atoms with Crippen LogP contribution in [-0.2, 0) is 4.74 Å². The van der Waals surface area contributed by atoms with Crippen molar-refractivity contribution in [2.24, 2.45) is 0 Å². The Morgan fingerprint density at radius 1 is 1.03 bits per heavy atom. The van der Waals surface area contributed by atoms with Gasteiger partial charge in [-0.25, -0.2) is 4.98 Å².